The fourth-order valence-electron chi connectivity index (χ4n) is 0.638. The second-order valence-corrected chi connectivity index (χ2v) is 2.65. The Balaban J connectivity index is 3.84. The standard InChI is InChI=1S/C7H12ClNO2/c1-6(3-4-8)5-9(2)7(10)11/h3H,4-5H2,1-2H3,(H,10,11). The van der Waals surface area contributed by atoms with E-state index in [1.54, 1.807) is 6.08 Å². The molecule has 0 aliphatic heterocycles. The lowest BCUT2D eigenvalue weighted by atomic mass is 10.3. The topological polar surface area (TPSA) is 40.5 Å². The Bertz CT molecular complexity index is 168. The Kier molecular flexibility index (Phi) is 4.70. The average Bonchev–Trinajstić information content (AvgIpc) is 1.87. The molecule has 0 aromatic rings. The lowest BCUT2D eigenvalue weighted by molar-refractivity contribution is 0.159. The molecule has 0 radical (unpaired) electrons. The van der Waals surface area contributed by atoms with Crippen LogP contribution in [-0.4, -0.2) is 35.6 Å². The monoisotopic (exact) mass is 177 g/mol. The van der Waals surface area contributed by atoms with Crippen molar-refractivity contribution < 1.29 is 9.90 Å². The Morgan fingerprint density at radius 1 is 1.73 bits per heavy atom. The largest absolute Gasteiger partial charge is 0.465 e. The number of alkyl halides is 1. The van der Waals surface area contributed by atoms with E-state index in [-0.39, 0.29) is 0 Å². The van der Waals surface area contributed by atoms with Crippen LogP contribution in [0.3, 0.4) is 0 Å². The van der Waals surface area contributed by atoms with Crippen molar-refractivity contribution in [1.82, 2.24) is 4.90 Å². The van der Waals surface area contributed by atoms with Crippen molar-refractivity contribution in [3.8, 4) is 0 Å². The van der Waals surface area contributed by atoms with E-state index in [1.807, 2.05) is 6.92 Å². The van der Waals surface area contributed by atoms with E-state index in [2.05, 4.69) is 0 Å². The fraction of sp³-hybridized carbons (Fsp3) is 0.571. The van der Waals surface area contributed by atoms with Gasteiger partial charge in [0.05, 0.1) is 0 Å². The van der Waals surface area contributed by atoms with Gasteiger partial charge in [0.15, 0.2) is 0 Å². The molecule has 0 bridgehead atoms. The zero-order chi connectivity index (χ0) is 8.85. The number of likely N-dealkylation sites (N-methyl/N-ethyl adjacent to an activating group) is 1. The average molecular weight is 178 g/mol. The third-order valence-electron chi connectivity index (χ3n) is 1.24. The SMILES string of the molecule is CC(=CCCl)CN(C)C(=O)O. The first kappa shape index (κ1) is 10.3. The molecule has 0 aliphatic rings. The summed E-state index contributed by atoms with van der Waals surface area (Å²) in [6.07, 6.45) is 0.869. The van der Waals surface area contributed by atoms with Gasteiger partial charge in [0, 0.05) is 19.5 Å². The van der Waals surface area contributed by atoms with Crippen molar-refractivity contribution in [2.24, 2.45) is 0 Å². The zero-order valence-electron chi connectivity index (χ0n) is 6.67. The van der Waals surface area contributed by atoms with E-state index in [1.165, 1.54) is 11.9 Å². The van der Waals surface area contributed by atoms with Gasteiger partial charge < -0.3 is 10.0 Å². The van der Waals surface area contributed by atoms with Gasteiger partial charge in [-0.25, -0.2) is 4.79 Å². The molecule has 11 heavy (non-hydrogen) atoms. The maximum absolute atomic E-state index is 10.3. The third-order valence-corrected chi connectivity index (χ3v) is 1.39. The van der Waals surface area contributed by atoms with Crippen molar-refractivity contribution in [2.45, 2.75) is 6.92 Å². The minimum absolute atomic E-state index is 0.419. The summed E-state index contributed by atoms with van der Waals surface area (Å²) >= 11 is 5.42. The quantitative estimate of drug-likeness (QED) is 0.528. The van der Waals surface area contributed by atoms with Crippen LogP contribution in [0.4, 0.5) is 4.79 Å². The summed E-state index contributed by atoms with van der Waals surface area (Å²) < 4.78 is 0. The summed E-state index contributed by atoms with van der Waals surface area (Å²) in [5, 5.41) is 8.46. The van der Waals surface area contributed by atoms with E-state index in [0.29, 0.717) is 12.4 Å². The van der Waals surface area contributed by atoms with Gasteiger partial charge in [0.2, 0.25) is 0 Å². The highest BCUT2D eigenvalue weighted by molar-refractivity contribution is 6.18. The lowest BCUT2D eigenvalue weighted by Crippen LogP contribution is -2.26. The minimum atomic E-state index is -0.924. The first-order valence-electron chi connectivity index (χ1n) is 3.23. The lowest BCUT2D eigenvalue weighted by Gasteiger charge is -2.12. The predicted molar refractivity (Wildman–Crippen MR) is 45.1 cm³/mol. The Morgan fingerprint density at radius 2 is 2.27 bits per heavy atom. The van der Waals surface area contributed by atoms with Crippen LogP contribution >= 0.6 is 11.6 Å². The number of hydrogen-bond acceptors (Lipinski definition) is 1. The van der Waals surface area contributed by atoms with E-state index in [4.69, 9.17) is 16.7 Å². The Hall–Kier alpha value is -0.700. The highest BCUT2D eigenvalue weighted by atomic mass is 35.5. The zero-order valence-corrected chi connectivity index (χ0v) is 7.43. The number of carbonyl (C=O) groups is 1. The first-order valence-corrected chi connectivity index (χ1v) is 3.77. The third kappa shape index (κ3) is 4.67. The smallest absolute Gasteiger partial charge is 0.407 e. The summed E-state index contributed by atoms with van der Waals surface area (Å²) in [4.78, 5) is 11.5. The molecule has 0 unspecified atom stereocenters. The number of halogens is 1. The van der Waals surface area contributed by atoms with Crippen LogP contribution in [0.15, 0.2) is 11.6 Å². The van der Waals surface area contributed by atoms with Crippen LogP contribution in [0.5, 0.6) is 0 Å². The molecule has 0 atom stereocenters. The van der Waals surface area contributed by atoms with E-state index >= 15 is 0 Å². The van der Waals surface area contributed by atoms with Gasteiger partial charge in [-0.2, -0.15) is 0 Å². The number of carboxylic acid groups (broad SMARTS) is 1. The summed E-state index contributed by atoms with van der Waals surface area (Å²) in [5.74, 6) is 0.430. The second kappa shape index (κ2) is 5.02. The number of allylic oxidation sites excluding steroid dienone is 1. The molecule has 0 rings (SSSR count). The van der Waals surface area contributed by atoms with Gasteiger partial charge in [-0.05, 0) is 6.92 Å². The highest BCUT2D eigenvalue weighted by Crippen LogP contribution is 1.96. The molecule has 1 N–H and O–H groups in total. The maximum atomic E-state index is 10.3. The minimum Gasteiger partial charge on any atom is -0.465 e. The number of rotatable bonds is 3. The van der Waals surface area contributed by atoms with Gasteiger partial charge in [-0.15, -0.1) is 11.6 Å². The molecule has 0 spiro atoms. The molecule has 0 saturated carbocycles. The van der Waals surface area contributed by atoms with Gasteiger partial charge in [0.25, 0.3) is 0 Å². The fourth-order valence-corrected chi connectivity index (χ4v) is 0.901. The summed E-state index contributed by atoms with van der Waals surface area (Å²) in [6.45, 7) is 2.27. The van der Waals surface area contributed by atoms with Crippen LogP contribution in [0.2, 0.25) is 0 Å². The van der Waals surface area contributed by atoms with Crippen molar-refractivity contribution in [3.63, 3.8) is 0 Å². The van der Waals surface area contributed by atoms with Gasteiger partial charge in [-0.1, -0.05) is 11.6 Å². The normalized spacial score (nSPS) is 11.4. The van der Waals surface area contributed by atoms with Crippen molar-refractivity contribution in [2.75, 3.05) is 19.5 Å². The van der Waals surface area contributed by atoms with Crippen LogP contribution in [0.1, 0.15) is 6.92 Å². The van der Waals surface area contributed by atoms with Gasteiger partial charge in [0.1, 0.15) is 0 Å². The number of nitrogens with zero attached hydrogens (tertiary/aromatic N) is 1. The Morgan fingerprint density at radius 3 is 2.64 bits per heavy atom. The molecule has 3 nitrogen and oxygen atoms in total. The molecule has 1 amide bonds. The molecule has 4 heteroatoms. The molecular weight excluding hydrogens is 166 g/mol. The van der Waals surface area contributed by atoms with Gasteiger partial charge >= 0.3 is 6.09 Å². The van der Waals surface area contributed by atoms with Crippen LogP contribution in [0.25, 0.3) is 0 Å². The van der Waals surface area contributed by atoms with Gasteiger partial charge in [-0.3, -0.25) is 0 Å². The van der Waals surface area contributed by atoms with Crippen molar-refractivity contribution >= 4 is 17.7 Å². The van der Waals surface area contributed by atoms with E-state index < -0.39 is 6.09 Å². The van der Waals surface area contributed by atoms with Crippen molar-refractivity contribution in [3.05, 3.63) is 11.6 Å². The molecule has 0 saturated heterocycles. The van der Waals surface area contributed by atoms with E-state index in [0.717, 1.165) is 5.57 Å². The molecule has 0 aliphatic carbocycles. The number of hydrogen-bond donors (Lipinski definition) is 1. The maximum Gasteiger partial charge on any atom is 0.407 e. The van der Waals surface area contributed by atoms with Crippen LogP contribution in [0, 0.1) is 0 Å². The summed E-state index contributed by atoms with van der Waals surface area (Å²) in [7, 11) is 1.52. The molecule has 64 valence electrons. The molecule has 0 aromatic heterocycles. The molecule has 0 heterocycles. The highest BCUT2D eigenvalue weighted by Gasteiger charge is 2.03. The van der Waals surface area contributed by atoms with E-state index in [9.17, 15) is 4.79 Å². The predicted octanol–water partition coefficient (Wildman–Crippen LogP) is 1.78. The summed E-state index contributed by atoms with van der Waals surface area (Å²) in [5.41, 5.74) is 0.963. The second-order valence-electron chi connectivity index (χ2n) is 2.34. The first-order chi connectivity index (χ1) is 5.07. The van der Waals surface area contributed by atoms with Crippen molar-refractivity contribution in [1.29, 1.82) is 0 Å². The molecular formula is C7H12ClNO2. The van der Waals surface area contributed by atoms with Crippen LogP contribution in [-0.2, 0) is 0 Å². The number of amides is 1. The van der Waals surface area contributed by atoms with Crippen LogP contribution < -0.4 is 0 Å². The molecule has 0 aromatic carbocycles. The molecule has 0 fully saturated rings. The Labute approximate surface area is 71.3 Å². The summed E-state index contributed by atoms with van der Waals surface area (Å²) in [6, 6.07) is 0.